The fraction of sp³-hybridized carbons (Fsp3) is 0.0952. The normalized spacial score (nSPS) is 10.8. The number of carboxylic acid groups (broad SMARTS) is 1. The highest BCUT2D eigenvalue weighted by Crippen LogP contribution is 2.25. The van der Waals surface area contributed by atoms with E-state index in [1.165, 1.54) is 12.3 Å². The minimum Gasteiger partial charge on any atom is -0.545 e. The number of carboxylic acids is 1. The first kappa shape index (κ1) is 19.3. The van der Waals surface area contributed by atoms with E-state index < -0.39 is 5.97 Å². The van der Waals surface area contributed by atoms with Gasteiger partial charge in [-0.05, 0) is 54.0 Å². The molecule has 0 unspecified atom stereocenters. The van der Waals surface area contributed by atoms with Crippen molar-refractivity contribution < 1.29 is 14.3 Å². The molecule has 0 aliphatic heterocycles. The summed E-state index contributed by atoms with van der Waals surface area (Å²) in [4.78, 5) is 10.9. The third kappa shape index (κ3) is 5.05. The number of carbonyl (C=O) groups excluding carboxylic acids is 1. The van der Waals surface area contributed by atoms with Crippen molar-refractivity contribution in [3.8, 4) is 11.3 Å². The van der Waals surface area contributed by atoms with Crippen molar-refractivity contribution in [1.29, 1.82) is 0 Å². The molecule has 6 nitrogen and oxygen atoms in total. The molecule has 1 heterocycles. The lowest BCUT2D eigenvalue weighted by atomic mass is 10.0. The van der Waals surface area contributed by atoms with Gasteiger partial charge < -0.3 is 19.6 Å². The highest BCUT2D eigenvalue weighted by atomic mass is 32.1. The standard InChI is InChI=1S/C21H19N3O3S/c1-14-11-16(20(25)26)7-9-18(14)19-10-8-17(27-19)13-23-24-21(28)22-12-15-5-3-2-4-6-15/h2-11,13H,12H2,1H3,(H,25,26)(H2,22,24,28)/p-1/b23-13+. The second-order valence-electron chi connectivity index (χ2n) is 6.06. The van der Waals surface area contributed by atoms with E-state index in [1.807, 2.05) is 37.3 Å². The van der Waals surface area contributed by atoms with Crippen molar-refractivity contribution in [3.05, 3.63) is 83.1 Å². The molecule has 142 valence electrons. The van der Waals surface area contributed by atoms with Crippen LogP contribution in [0.5, 0.6) is 0 Å². The molecule has 28 heavy (non-hydrogen) atoms. The predicted molar refractivity (Wildman–Crippen MR) is 110 cm³/mol. The lowest BCUT2D eigenvalue weighted by Gasteiger charge is -2.07. The van der Waals surface area contributed by atoms with E-state index in [0.29, 0.717) is 23.2 Å². The Hall–Kier alpha value is -3.45. The van der Waals surface area contributed by atoms with Gasteiger partial charge in [0.05, 0.1) is 12.2 Å². The largest absolute Gasteiger partial charge is 0.545 e. The summed E-state index contributed by atoms with van der Waals surface area (Å²) >= 11 is 5.18. The number of hydrazone groups is 1. The molecule has 2 aromatic carbocycles. The summed E-state index contributed by atoms with van der Waals surface area (Å²) in [5, 5.41) is 18.5. The molecule has 7 heteroatoms. The lowest BCUT2D eigenvalue weighted by Crippen LogP contribution is -2.31. The number of aryl methyl sites for hydroxylation is 1. The number of thiocarbonyl (C=S) groups is 1. The van der Waals surface area contributed by atoms with Crippen LogP contribution in [-0.2, 0) is 6.54 Å². The van der Waals surface area contributed by atoms with Crippen LogP contribution in [0.2, 0.25) is 0 Å². The van der Waals surface area contributed by atoms with Crippen molar-refractivity contribution >= 4 is 29.5 Å². The zero-order chi connectivity index (χ0) is 19.9. The molecule has 3 aromatic rings. The lowest BCUT2D eigenvalue weighted by molar-refractivity contribution is -0.255. The highest BCUT2D eigenvalue weighted by Gasteiger charge is 2.08. The molecule has 0 aliphatic carbocycles. The fourth-order valence-corrected chi connectivity index (χ4v) is 2.73. The van der Waals surface area contributed by atoms with Gasteiger partial charge in [0.1, 0.15) is 11.5 Å². The van der Waals surface area contributed by atoms with Gasteiger partial charge in [-0.25, -0.2) is 0 Å². The van der Waals surface area contributed by atoms with Crippen molar-refractivity contribution in [3.63, 3.8) is 0 Å². The molecule has 0 amide bonds. The van der Waals surface area contributed by atoms with Crippen LogP contribution < -0.4 is 15.8 Å². The number of nitrogens with one attached hydrogen (secondary N) is 2. The van der Waals surface area contributed by atoms with Crippen LogP contribution in [0.4, 0.5) is 0 Å². The molecule has 0 aliphatic rings. The van der Waals surface area contributed by atoms with Crippen molar-refractivity contribution in [2.45, 2.75) is 13.5 Å². The molecule has 0 atom stereocenters. The molecule has 0 spiro atoms. The van der Waals surface area contributed by atoms with E-state index in [1.54, 1.807) is 24.3 Å². The summed E-state index contributed by atoms with van der Waals surface area (Å²) in [6.45, 7) is 2.42. The smallest absolute Gasteiger partial charge is 0.187 e. The molecule has 1 aromatic heterocycles. The van der Waals surface area contributed by atoms with Gasteiger partial charge in [-0.1, -0.05) is 42.5 Å². The van der Waals surface area contributed by atoms with Crippen LogP contribution in [-0.4, -0.2) is 17.3 Å². The first-order valence-corrected chi connectivity index (χ1v) is 8.97. The SMILES string of the molecule is Cc1cc(C(=O)[O-])ccc1-c1ccc(/C=N/NC(=S)NCc2ccccc2)o1. The number of benzene rings is 2. The summed E-state index contributed by atoms with van der Waals surface area (Å²) in [6.07, 6.45) is 1.52. The quantitative estimate of drug-likeness (QED) is 0.381. The van der Waals surface area contributed by atoms with Gasteiger partial charge in [-0.3, -0.25) is 5.43 Å². The molecule has 0 saturated heterocycles. The van der Waals surface area contributed by atoms with E-state index in [-0.39, 0.29) is 5.56 Å². The zero-order valence-electron chi connectivity index (χ0n) is 15.1. The molecule has 3 rings (SSSR count). The second-order valence-corrected chi connectivity index (χ2v) is 6.47. The van der Waals surface area contributed by atoms with Crippen LogP contribution in [0.25, 0.3) is 11.3 Å². The molecule has 0 saturated carbocycles. The minimum absolute atomic E-state index is 0.135. The van der Waals surface area contributed by atoms with Crippen molar-refractivity contribution in [1.82, 2.24) is 10.7 Å². The summed E-state index contributed by atoms with van der Waals surface area (Å²) < 4.78 is 5.75. The van der Waals surface area contributed by atoms with Crippen LogP contribution in [0.3, 0.4) is 0 Å². The molecular weight excluding hydrogens is 374 g/mol. The molecule has 2 N–H and O–H groups in total. The minimum atomic E-state index is -1.20. The average Bonchev–Trinajstić information content (AvgIpc) is 3.15. The van der Waals surface area contributed by atoms with Crippen LogP contribution in [0.1, 0.15) is 27.2 Å². The second kappa shape index (κ2) is 8.96. The summed E-state index contributed by atoms with van der Waals surface area (Å²) in [6, 6.07) is 18.2. The Morgan fingerprint density at radius 3 is 2.68 bits per heavy atom. The average molecular weight is 392 g/mol. The number of hydrogen-bond acceptors (Lipinski definition) is 5. The third-order valence-corrected chi connectivity index (χ3v) is 4.24. The van der Waals surface area contributed by atoms with Gasteiger partial charge in [0, 0.05) is 12.1 Å². The van der Waals surface area contributed by atoms with Gasteiger partial charge >= 0.3 is 0 Å². The van der Waals surface area contributed by atoms with E-state index in [4.69, 9.17) is 16.6 Å². The molecule has 0 radical (unpaired) electrons. The maximum Gasteiger partial charge on any atom is 0.187 e. The molecular formula is C21H18N3O3S-. The van der Waals surface area contributed by atoms with Gasteiger partial charge in [0.2, 0.25) is 0 Å². The van der Waals surface area contributed by atoms with Gasteiger partial charge in [-0.2, -0.15) is 5.10 Å². The fourth-order valence-electron chi connectivity index (χ4n) is 2.61. The Kier molecular flexibility index (Phi) is 6.18. The van der Waals surface area contributed by atoms with E-state index in [9.17, 15) is 9.90 Å². The third-order valence-electron chi connectivity index (χ3n) is 4.01. The number of furan rings is 1. The number of nitrogens with zero attached hydrogens (tertiary/aromatic N) is 1. The van der Waals surface area contributed by atoms with Crippen molar-refractivity contribution in [2.75, 3.05) is 0 Å². The zero-order valence-corrected chi connectivity index (χ0v) is 16.0. The number of hydrogen-bond donors (Lipinski definition) is 2. The van der Waals surface area contributed by atoms with Crippen LogP contribution in [0.15, 0.2) is 70.2 Å². The molecule has 0 fully saturated rings. The van der Waals surface area contributed by atoms with E-state index in [2.05, 4.69) is 15.8 Å². The number of rotatable bonds is 6. The Morgan fingerprint density at radius 1 is 1.18 bits per heavy atom. The summed E-state index contributed by atoms with van der Waals surface area (Å²) in [7, 11) is 0. The van der Waals surface area contributed by atoms with Gasteiger partial charge in [-0.15, -0.1) is 0 Å². The maximum atomic E-state index is 10.9. The van der Waals surface area contributed by atoms with Gasteiger partial charge in [0.15, 0.2) is 5.11 Å². The van der Waals surface area contributed by atoms with Crippen LogP contribution >= 0.6 is 12.2 Å². The van der Waals surface area contributed by atoms with Gasteiger partial charge in [0.25, 0.3) is 0 Å². The van der Waals surface area contributed by atoms with E-state index >= 15 is 0 Å². The maximum absolute atomic E-state index is 10.9. The van der Waals surface area contributed by atoms with Crippen LogP contribution in [0, 0.1) is 6.92 Å². The first-order chi connectivity index (χ1) is 13.5. The highest BCUT2D eigenvalue weighted by molar-refractivity contribution is 7.80. The number of carbonyl (C=O) groups is 1. The Balaban J connectivity index is 1.57. The van der Waals surface area contributed by atoms with Crippen molar-refractivity contribution in [2.24, 2.45) is 5.10 Å². The molecule has 0 bridgehead atoms. The Bertz CT molecular complexity index is 1010. The monoisotopic (exact) mass is 392 g/mol. The summed E-state index contributed by atoms with van der Waals surface area (Å²) in [5.41, 5.74) is 5.58. The predicted octanol–water partition coefficient (Wildman–Crippen LogP) is 2.62. The first-order valence-electron chi connectivity index (χ1n) is 8.56. The number of aromatic carboxylic acids is 1. The Morgan fingerprint density at radius 2 is 1.96 bits per heavy atom. The Labute approximate surface area is 167 Å². The summed E-state index contributed by atoms with van der Waals surface area (Å²) in [5.74, 6) is -0.0461. The van der Waals surface area contributed by atoms with E-state index in [0.717, 1.165) is 16.7 Å². The topological polar surface area (TPSA) is 89.7 Å².